The molecular weight excluding hydrogens is 456 g/mol. The smallest absolute Gasteiger partial charge is 0.342 e. The molecule has 0 spiro atoms. The van der Waals surface area contributed by atoms with Crippen LogP contribution in [0, 0.1) is 23.7 Å². The van der Waals surface area contributed by atoms with Crippen molar-refractivity contribution < 1.29 is 28.7 Å². The number of fused-ring (bicyclic) bond motifs is 1. The fourth-order valence-corrected chi connectivity index (χ4v) is 5.90. The number of esters is 4. The zero-order chi connectivity index (χ0) is 25.7. The first-order valence-corrected chi connectivity index (χ1v) is 12.5. The van der Waals surface area contributed by atoms with Crippen LogP contribution in [0.4, 0.5) is 0 Å². The van der Waals surface area contributed by atoms with Crippen molar-refractivity contribution in [3.8, 4) is 0 Å². The van der Waals surface area contributed by atoms with Gasteiger partial charge >= 0.3 is 23.9 Å². The van der Waals surface area contributed by atoms with Crippen LogP contribution in [0.2, 0.25) is 0 Å². The molecule has 2 aliphatic carbocycles. The van der Waals surface area contributed by atoms with E-state index >= 15 is 0 Å². The highest BCUT2D eigenvalue weighted by atomic mass is 16.6. The molecule has 1 saturated heterocycles. The van der Waals surface area contributed by atoms with Gasteiger partial charge in [-0.05, 0) is 87.5 Å². The lowest BCUT2D eigenvalue weighted by Gasteiger charge is -2.25. The third kappa shape index (κ3) is 4.08. The Morgan fingerprint density at radius 3 is 2.03 bits per heavy atom. The molecule has 2 aliphatic heterocycles. The Morgan fingerprint density at radius 1 is 0.750 bits per heavy atom. The van der Waals surface area contributed by atoms with Crippen molar-refractivity contribution in [1.29, 1.82) is 0 Å². The molecular formula is C30H30O6. The molecule has 6 nitrogen and oxygen atoms in total. The number of benzene rings is 1. The number of carbonyl (C=O) groups excluding carboxylic acids is 4. The van der Waals surface area contributed by atoms with Gasteiger partial charge in [-0.25, -0.2) is 9.59 Å². The van der Waals surface area contributed by atoms with Crippen LogP contribution in [-0.2, 0) is 28.7 Å². The van der Waals surface area contributed by atoms with Crippen molar-refractivity contribution >= 4 is 35.0 Å². The Bertz CT molecular complexity index is 1300. The zero-order valence-electron chi connectivity index (χ0n) is 21.1. The fraction of sp³-hybridized carbons (Fsp3) is 0.400. The number of rotatable bonds is 4. The van der Waals surface area contributed by atoms with Crippen LogP contribution in [0.25, 0.3) is 11.1 Å². The van der Waals surface area contributed by atoms with Crippen LogP contribution >= 0.6 is 0 Å². The highest BCUT2D eigenvalue weighted by Gasteiger charge is 2.45. The van der Waals surface area contributed by atoms with Gasteiger partial charge in [0.2, 0.25) is 0 Å². The number of carbonyl (C=O) groups is 4. The number of ether oxygens (including phenoxy) is 2. The van der Waals surface area contributed by atoms with Crippen LogP contribution < -0.4 is 0 Å². The normalized spacial score (nSPS) is 28.9. The van der Waals surface area contributed by atoms with Crippen LogP contribution in [0.3, 0.4) is 0 Å². The van der Waals surface area contributed by atoms with Gasteiger partial charge in [-0.2, -0.15) is 0 Å². The molecule has 186 valence electrons. The van der Waals surface area contributed by atoms with Gasteiger partial charge in [0.15, 0.2) is 0 Å². The minimum Gasteiger partial charge on any atom is -0.392 e. The maximum atomic E-state index is 12.0. The van der Waals surface area contributed by atoms with E-state index in [1.165, 1.54) is 16.7 Å². The Kier molecular flexibility index (Phi) is 6.15. The summed E-state index contributed by atoms with van der Waals surface area (Å²) in [6, 6.07) is 8.46. The first-order valence-electron chi connectivity index (χ1n) is 12.5. The highest BCUT2D eigenvalue weighted by molar-refractivity contribution is 6.12. The van der Waals surface area contributed by atoms with Crippen molar-refractivity contribution in [2.45, 2.75) is 53.4 Å². The van der Waals surface area contributed by atoms with E-state index in [0.29, 0.717) is 30.4 Å². The molecule has 0 amide bonds. The summed E-state index contributed by atoms with van der Waals surface area (Å²) in [4.78, 5) is 47.7. The second-order valence-electron chi connectivity index (χ2n) is 10.4. The van der Waals surface area contributed by atoms with Gasteiger partial charge in [0, 0.05) is 11.1 Å². The lowest BCUT2D eigenvalue weighted by atomic mass is 9.76. The molecule has 5 rings (SSSR count). The van der Waals surface area contributed by atoms with E-state index in [-0.39, 0.29) is 17.8 Å². The van der Waals surface area contributed by atoms with E-state index in [4.69, 9.17) is 9.47 Å². The molecule has 0 radical (unpaired) electrons. The number of allylic oxidation sites excluding steroid dienone is 5. The van der Waals surface area contributed by atoms with Gasteiger partial charge < -0.3 is 9.47 Å². The average Bonchev–Trinajstić information content (AvgIpc) is 3.35. The molecule has 1 aromatic carbocycles. The minimum atomic E-state index is -0.480. The molecule has 0 N–H and O–H groups in total. The lowest BCUT2D eigenvalue weighted by molar-refractivity contribution is -0.154. The minimum absolute atomic E-state index is 0.0907. The molecule has 4 aliphatic rings. The molecule has 4 unspecified atom stereocenters. The maximum Gasteiger partial charge on any atom is 0.342 e. The van der Waals surface area contributed by atoms with Crippen molar-refractivity contribution in [3.05, 3.63) is 69.8 Å². The van der Waals surface area contributed by atoms with Crippen LogP contribution in [0.5, 0.6) is 0 Å². The molecule has 6 heteroatoms. The Labute approximate surface area is 210 Å². The second kappa shape index (κ2) is 9.16. The predicted molar refractivity (Wildman–Crippen MR) is 134 cm³/mol. The summed E-state index contributed by atoms with van der Waals surface area (Å²) >= 11 is 0. The van der Waals surface area contributed by atoms with E-state index in [0.717, 1.165) is 23.1 Å². The summed E-state index contributed by atoms with van der Waals surface area (Å²) in [6.45, 7) is 8.39. The van der Waals surface area contributed by atoms with Crippen molar-refractivity contribution in [3.63, 3.8) is 0 Å². The molecule has 36 heavy (non-hydrogen) atoms. The van der Waals surface area contributed by atoms with E-state index < -0.39 is 29.8 Å². The third-order valence-electron chi connectivity index (χ3n) is 8.61. The molecule has 4 atom stereocenters. The zero-order valence-corrected chi connectivity index (χ0v) is 21.1. The Morgan fingerprint density at radius 2 is 1.36 bits per heavy atom. The summed E-state index contributed by atoms with van der Waals surface area (Å²) in [6.07, 6.45) is 6.42. The van der Waals surface area contributed by atoms with Crippen molar-refractivity contribution in [2.75, 3.05) is 0 Å². The van der Waals surface area contributed by atoms with E-state index in [2.05, 4.69) is 52.0 Å². The van der Waals surface area contributed by atoms with Crippen LogP contribution in [0.1, 0.15) is 64.5 Å². The predicted octanol–water partition coefficient (Wildman–Crippen LogP) is 5.35. The van der Waals surface area contributed by atoms with Gasteiger partial charge in [0.1, 0.15) is 0 Å². The summed E-state index contributed by atoms with van der Waals surface area (Å²) < 4.78 is 9.62. The van der Waals surface area contributed by atoms with E-state index in [1.807, 2.05) is 12.2 Å². The summed E-state index contributed by atoms with van der Waals surface area (Å²) in [5.74, 6) is -2.32. The third-order valence-corrected chi connectivity index (χ3v) is 8.61. The standard InChI is InChI=1S/C30H30O6/c1-15(17(3)21-9-11-23-25(13-21)29(33)35-27(23)31)19-5-7-20(8-6-19)16(2)18(4)22-10-12-24-26(14-22)30(34)36-28(24)32/h5-9,11,21-23,25H,10,12-14H2,1-4H3/b17-15+,18-16+. The Hall–Kier alpha value is -3.54. The first-order chi connectivity index (χ1) is 17.2. The highest BCUT2D eigenvalue weighted by Crippen LogP contribution is 2.41. The monoisotopic (exact) mass is 486 g/mol. The molecule has 0 saturated carbocycles. The summed E-state index contributed by atoms with van der Waals surface area (Å²) in [7, 11) is 0. The second-order valence-corrected chi connectivity index (χ2v) is 10.4. The van der Waals surface area contributed by atoms with Gasteiger partial charge in [-0.15, -0.1) is 0 Å². The van der Waals surface area contributed by atoms with E-state index in [1.54, 1.807) is 0 Å². The first kappa shape index (κ1) is 24.2. The van der Waals surface area contributed by atoms with Crippen LogP contribution in [-0.4, -0.2) is 23.9 Å². The fourth-order valence-electron chi connectivity index (χ4n) is 5.90. The van der Waals surface area contributed by atoms with Gasteiger partial charge in [-0.1, -0.05) is 47.6 Å². The van der Waals surface area contributed by atoms with E-state index in [9.17, 15) is 19.2 Å². The number of hydrogen-bond donors (Lipinski definition) is 0. The Balaban J connectivity index is 1.33. The van der Waals surface area contributed by atoms with Gasteiger partial charge in [0.25, 0.3) is 0 Å². The largest absolute Gasteiger partial charge is 0.392 e. The quantitative estimate of drug-likeness (QED) is 0.324. The molecule has 2 heterocycles. The van der Waals surface area contributed by atoms with Gasteiger partial charge in [-0.3, -0.25) is 9.59 Å². The lowest BCUT2D eigenvalue weighted by Crippen LogP contribution is -2.23. The van der Waals surface area contributed by atoms with Crippen molar-refractivity contribution in [2.24, 2.45) is 23.7 Å². The number of cyclic esters (lactones) is 4. The molecule has 1 aromatic rings. The van der Waals surface area contributed by atoms with Crippen LogP contribution in [0.15, 0.2) is 58.7 Å². The molecule has 0 bridgehead atoms. The summed E-state index contributed by atoms with van der Waals surface area (Å²) in [5, 5.41) is 0. The molecule has 0 aromatic heterocycles. The topological polar surface area (TPSA) is 86.7 Å². The molecule has 1 fully saturated rings. The maximum absolute atomic E-state index is 12.0. The average molecular weight is 487 g/mol. The SMILES string of the molecule is C/C(=C(/C)C1C=CC2C(=O)OC(=O)C2C1)c1ccc(/C(C)=C(\C)C2CCC3=C(C2)C(=O)OC3=O)cc1. The van der Waals surface area contributed by atoms with Crippen molar-refractivity contribution in [1.82, 2.24) is 0 Å². The summed E-state index contributed by atoms with van der Waals surface area (Å²) in [5.41, 5.74) is 8.08. The van der Waals surface area contributed by atoms with Gasteiger partial charge in [0.05, 0.1) is 11.8 Å². The number of hydrogen-bond acceptors (Lipinski definition) is 6.